The normalized spacial score (nSPS) is 19.2. The fourth-order valence-electron chi connectivity index (χ4n) is 3.38. The molecule has 0 amide bonds. The summed E-state index contributed by atoms with van der Waals surface area (Å²) in [5.41, 5.74) is 0.514. The summed E-state index contributed by atoms with van der Waals surface area (Å²) in [6.07, 6.45) is 0.619. The van der Waals surface area contributed by atoms with Crippen LogP contribution in [0, 0.1) is 0 Å². The molecular weight excluding hydrogens is 308 g/mol. The summed E-state index contributed by atoms with van der Waals surface area (Å²) < 4.78 is 4.93. The molecule has 124 valence electrons. The van der Waals surface area contributed by atoms with Crippen molar-refractivity contribution < 1.29 is 24.5 Å². The maximum atomic E-state index is 13.1. The van der Waals surface area contributed by atoms with Gasteiger partial charge in [0.1, 0.15) is 0 Å². The van der Waals surface area contributed by atoms with Crippen LogP contribution in [0.2, 0.25) is 0 Å². The third kappa shape index (κ3) is 2.08. The minimum absolute atomic E-state index is 0.169. The molecule has 24 heavy (non-hydrogen) atoms. The SMILES string of the molecule is CCc1cc(C2(C(=O)OC)Cc3ccccc3C2=O)cc(O)c1O. The summed E-state index contributed by atoms with van der Waals surface area (Å²) in [6.45, 7) is 1.81. The molecule has 0 bridgehead atoms. The Hall–Kier alpha value is -2.82. The molecule has 5 nitrogen and oxygen atoms in total. The number of hydrogen-bond donors (Lipinski definition) is 2. The molecule has 1 unspecified atom stereocenters. The van der Waals surface area contributed by atoms with E-state index in [2.05, 4.69) is 0 Å². The number of benzene rings is 2. The van der Waals surface area contributed by atoms with E-state index in [1.807, 2.05) is 13.0 Å². The van der Waals surface area contributed by atoms with E-state index < -0.39 is 11.4 Å². The smallest absolute Gasteiger partial charge is 0.324 e. The molecule has 0 aromatic heterocycles. The van der Waals surface area contributed by atoms with Gasteiger partial charge in [-0.25, -0.2) is 0 Å². The molecule has 2 aromatic rings. The zero-order chi connectivity index (χ0) is 17.5. The lowest BCUT2D eigenvalue weighted by Crippen LogP contribution is -2.42. The highest BCUT2D eigenvalue weighted by Gasteiger charge is 2.54. The number of fused-ring (bicyclic) bond motifs is 1. The maximum Gasteiger partial charge on any atom is 0.324 e. The Labute approximate surface area is 139 Å². The number of carbonyl (C=O) groups is 2. The number of methoxy groups -OCH3 is 1. The van der Waals surface area contributed by atoms with Crippen molar-refractivity contribution in [1.29, 1.82) is 0 Å². The molecule has 2 N–H and O–H groups in total. The number of hydrogen-bond acceptors (Lipinski definition) is 5. The lowest BCUT2D eigenvalue weighted by Gasteiger charge is -2.26. The lowest BCUT2D eigenvalue weighted by atomic mass is 9.76. The van der Waals surface area contributed by atoms with Gasteiger partial charge >= 0.3 is 5.97 Å². The number of phenolic OH excluding ortho intramolecular Hbond substituents is 2. The zero-order valence-electron chi connectivity index (χ0n) is 13.5. The van der Waals surface area contributed by atoms with Crippen LogP contribution in [0.25, 0.3) is 0 Å². The van der Waals surface area contributed by atoms with E-state index in [0.29, 0.717) is 23.1 Å². The maximum absolute atomic E-state index is 13.1. The monoisotopic (exact) mass is 326 g/mol. The van der Waals surface area contributed by atoms with Gasteiger partial charge in [-0.3, -0.25) is 9.59 Å². The Kier molecular flexibility index (Phi) is 3.79. The van der Waals surface area contributed by atoms with Crippen molar-refractivity contribution in [1.82, 2.24) is 0 Å². The lowest BCUT2D eigenvalue weighted by molar-refractivity contribution is -0.145. The second-order valence-corrected chi connectivity index (χ2v) is 5.92. The summed E-state index contributed by atoms with van der Waals surface area (Å²) >= 11 is 0. The van der Waals surface area contributed by atoms with Crippen LogP contribution in [-0.2, 0) is 27.8 Å². The average Bonchev–Trinajstić information content (AvgIpc) is 2.90. The van der Waals surface area contributed by atoms with Gasteiger partial charge in [0.05, 0.1) is 7.11 Å². The molecule has 0 radical (unpaired) electrons. The van der Waals surface area contributed by atoms with Gasteiger partial charge in [0.15, 0.2) is 22.7 Å². The van der Waals surface area contributed by atoms with Gasteiger partial charge in [-0.2, -0.15) is 0 Å². The molecule has 2 aromatic carbocycles. The Bertz CT molecular complexity index is 840. The van der Waals surface area contributed by atoms with E-state index in [1.165, 1.54) is 13.2 Å². The number of esters is 1. The molecular formula is C19H18O5. The standard InChI is InChI=1S/C19H18O5/c1-3-11-8-13(9-15(20)16(11)21)19(18(23)24-2)10-12-6-4-5-7-14(12)17(19)22/h4-9,20-21H,3,10H2,1-2H3. The van der Waals surface area contributed by atoms with Crippen LogP contribution in [-0.4, -0.2) is 29.1 Å². The van der Waals surface area contributed by atoms with Gasteiger partial charge in [-0.05, 0) is 29.2 Å². The van der Waals surface area contributed by atoms with Gasteiger partial charge in [-0.1, -0.05) is 37.3 Å². The van der Waals surface area contributed by atoms with E-state index in [4.69, 9.17) is 4.74 Å². The molecule has 0 saturated carbocycles. The fourth-order valence-corrected chi connectivity index (χ4v) is 3.38. The zero-order valence-corrected chi connectivity index (χ0v) is 13.5. The van der Waals surface area contributed by atoms with E-state index in [-0.39, 0.29) is 23.7 Å². The summed E-state index contributed by atoms with van der Waals surface area (Å²) in [5, 5.41) is 20.0. The second kappa shape index (κ2) is 5.67. The average molecular weight is 326 g/mol. The number of phenols is 2. The molecule has 0 heterocycles. The van der Waals surface area contributed by atoms with E-state index in [1.54, 1.807) is 24.3 Å². The minimum atomic E-state index is -1.53. The van der Waals surface area contributed by atoms with Crippen molar-refractivity contribution in [2.24, 2.45) is 0 Å². The Balaban J connectivity index is 2.26. The number of aromatic hydroxyl groups is 2. The van der Waals surface area contributed by atoms with Crippen LogP contribution in [0.3, 0.4) is 0 Å². The van der Waals surface area contributed by atoms with Gasteiger partial charge < -0.3 is 14.9 Å². The first-order chi connectivity index (χ1) is 11.5. The predicted octanol–water partition coefficient (Wildman–Crippen LogP) is 2.51. The van der Waals surface area contributed by atoms with Crippen LogP contribution in [0.5, 0.6) is 11.5 Å². The molecule has 5 heteroatoms. The first-order valence-corrected chi connectivity index (χ1v) is 7.72. The van der Waals surface area contributed by atoms with Crippen molar-refractivity contribution in [3.05, 3.63) is 58.7 Å². The van der Waals surface area contributed by atoms with E-state index in [9.17, 15) is 19.8 Å². The quantitative estimate of drug-likeness (QED) is 0.514. The fraction of sp³-hybridized carbons (Fsp3) is 0.263. The molecule has 0 saturated heterocycles. The first kappa shape index (κ1) is 16.1. The third-order valence-electron chi connectivity index (χ3n) is 4.68. The van der Waals surface area contributed by atoms with Crippen molar-refractivity contribution >= 4 is 11.8 Å². The third-order valence-corrected chi connectivity index (χ3v) is 4.68. The summed E-state index contributed by atoms with van der Waals surface area (Å²) in [7, 11) is 1.24. The van der Waals surface area contributed by atoms with Gasteiger partial charge in [-0.15, -0.1) is 0 Å². The Morgan fingerprint density at radius 3 is 2.58 bits per heavy atom. The molecule has 1 atom stereocenters. The van der Waals surface area contributed by atoms with Crippen molar-refractivity contribution in [2.75, 3.05) is 7.11 Å². The molecule has 0 spiro atoms. The summed E-state index contributed by atoms with van der Waals surface area (Å²) in [6, 6.07) is 9.91. The van der Waals surface area contributed by atoms with E-state index in [0.717, 1.165) is 5.56 Å². The van der Waals surface area contributed by atoms with Crippen molar-refractivity contribution in [3.63, 3.8) is 0 Å². The topological polar surface area (TPSA) is 83.8 Å². The second-order valence-electron chi connectivity index (χ2n) is 5.92. The number of aryl methyl sites for hydroxylation is 1. The molecule has 3 rings (SSSR count). The molecule has 0 aliphatic heterocycles. The van der Waals surface area contributed by atoms with Crippen LogP contribution < -0.4 is 0 Å². The minimum Gasteiger partial charge on any atom is -0.504 e. The Morgan fingerprint density at radius 1 is 1.25 bits per heavy atom. The molecule has 0 fully saturated rings. The van der Waals surface area contributed by atoms with Crippen LogP contribution in [0.15, 0.2) is 36.4 Å². The number of rotatable bonds is 3. The summed E-state index contributed by atoms with van der Waals surface area (Å²) in [5.74, 6) is -1.60. The predicted molar refractivity (Wildman–Crippen MR) is 87.3 cm³/mol. The van der Waals surface area contributed by atoms with Crippen molar-refractivity contribution in [3.8, 4) is 11.5 Å². The first-order valence-electron chi connectivity index (χ1n) is 7.72. The number of Topliss-reactive ketones (excluding diaryl/α,β-unsaturated/α-hetero) is 1. The highest BCUT2D eigenvalue weighted by atomic mass is 16.5. The molecule has 1 aliphatic rings. The van der Waals surface area contributed by atoms with Crippen LogP contribution >= 0.6 is 0 Å². The number of ketones is 1. The highest BCUT2D eigenvalue weighted by Crippen LogP contribution is 2.44. The Morgan fingerprint density at radius 2 is 1.96 bits per heavy atom. The number of ether oxygens (including phenoxy) is 1. The van der Waals surface area contributed by atoms with E-state index >= 15 is 0 Å². The van der Waals surface area contributed by atoms with Gasteiger partial charge in [0.25, 0.3) is 0 Å². The number of carbonyl (C=O) groups excluding carboxylic acids is 2. The van der Waals surface area contributed by atoms with Crippen LogP contribution in [0.1, 0.15) is 34.0 Å². The molecule has 1 aliphatic carbocycles. The van der Waals surface area contributed by atoms with Crippen molar-refractivity contribution in [2.45, 2.75) is 25.2 Å². The summed E-state index contributed by atoms with van der Waals surface area (Å²) in [4.78, 5) is 25.7. The largest absolute Gasteiger partial charge is 0.504 e. The van der Waals surface area contributed by atoms with Gasteiger partial charge in [0, 0.05) is 12.0 Å². The van der Waals surface area contributed by atoms with Gasteiger partial charge in [0.2, 0.25) is 0 Å². The highest BCUT2D eigenvalue weighted by molar-refractivity contribution is 6.20. The van der Waals surface area contributed by atoms with Crippen LogP contribution in [0.4, 0.5) is 0 Å².